The summed E-state index contributed by atoms with van der Waals surface area (Å²) in [6.45, 7) is 4.54. The normalized spacial score (nSPS) is 16.8. The van der Waals surface area contributed by atoms with E-state index in [4.69, 9.17) is 0 Å². The van der Waals surface area contributed by atoms with Crippen LogP contribution in [-0.2, 0) is 0 Å². The van der Waals surface area contributed by atoms with Crippen LogP contribution in [0.1, 0.15) is 13.8 Å². The van der Waals surface area contributed by atoms with E-state index in [1.807, 2.05) is 18.7 Å². The van der Waals surface area contributed by atoms with Crippen molar-refractivity contribution in [3.05, 3.63) is 21.6 Å². The molecule has 1 aliphatic rings. The second-order valence-electron chi connectivity index (χ2n) is 3.08. The Morgan fingerprint density at radius 2 is 2.38 bits per heavy atom. The van der Waals surface area contributed by atoms with Crippen LogP contribution in [0.25, 0.3) is 0 Å². The van der Waals surface area contributed by atoms with Crippen molar-refractivity contribution in [3.8, 4) is 0 Å². The van der Waals surface area contributed by atoms with E-state index >= 15 is 0 Å². The summed E-state index contributed by atoms with van der Waals surface area (Å²) in [5.74, 6) is 0.116. The van der Waals surface area contributed by atoms with Gasteiger partial charge in [0.2, 0.25) is 0 Å². The number of nitrogens with zero attached hydrogens (tertiary/aromatic N) is 2. The van der Waals surface area contributed by atoms with Crippen molar-refractivity contribution in [1.82, 2.24) is 10.2 Å². The highest BCUT2D eigenvalue weighted by Crippen LogP contribution is 2.19. The highest BCUT2D eigenvalue weighted by molar-refractivity contribution is 9.09. The maximum Gasteiger partial charge on any atom is 0.337 e. The van der Waals surface area contributed by atoms with E-state index in [1.54, 1.807) is 0 Å². The van der Waals surface area contributed by atoms with Crippen LogP contribution in [0.15, 0.2) is 11.5 Å². The first-order valence-corrected chi connectivity index (χ1v) is 5.14. The Labute approximate surface area is 85.1 Å². The molecular formula is C7H12BrN3O2. The SMILES string of the molecule is CC(C)N1CNC([N+](=O)[O-])=C1CBr. The van der Waals surface area contributed by atoms with Crippen LogP contribution >= 0.6 is 15.9 Å². The first kappa shape index (κ1) is 10.3. The molecule has 6 heteroatoms. The van der Waals surface area contributed by atoms with Crippen molar-refractivity contribution in [2.45, 2.75) is 19.9 Å². The second kappa shape index (κ2) is 3.95. The fraction of sp³-hybridized carbons (Fsp3) is 0.714. The quantitative estimate of drug-likeness (QED) is 0.463. The van der Waals surface area contributed by atoms with Gasteiger partial charge in [-0.25, -0.2) is 0 Å². The van der Waals surface area contributed by atoms with Crippen LogP contribution in [0.4, 0.5) is 0 Å². The molecule has 74 valence electrons. The molecule has 0 radical (unpaired) electrons. The Bertz CT molecular complexity index is 252. The molecule has 5 nitrogen and oxygen atoms in total. The lowest BCUT2D eigenvalue weighted by Gasteiger charge is -2.21. The zero-order chi connectivity index (χ0) is 10.0. The van der Waals surface area contributed by atoms with E-state index in [-0.39, 0.29) is 16.8 Å². The second-order valence-corrected chi connectivity index (χ2v) is 3.65. The average Bonchev–Trinajstić information content (AvgIpc) is 2.46. The topological polar surface area (TPSA) is 58.4 Å². The summed E-state index contributed by atoms with van der Waals surface area (Å²) in [7, 11) is 0. The van der Waals surface area contributed by atoms with Gasteiger partial charge in [-0.15, -0.1) is 0 Å². The number of nitrogens with one attached hydrogen (secondary N) is 1. The van der Waals surface area contributed by atoms with Crippen LogP contribution in [0.5, 0.6) is 0 Å². The molecule has 0 aromatic rings. The summed E-state index contributed by atoms with van der Waals surface area (Å²) in [6.07, 6.45) is 0. The standard InChI is InChI=1S/C7H12BrN3O2/c1-5(2)10-4-9-7(11(12)13)6(10)3-8/h5,9H,3-4H2,1-2H3. The molecule has 0 aliphatic carbocycles. The van der Waals surface area contributed by atoms with Gasteiger partial charge in [0.15, 0.2) is 6.67 Å². The largest absolute Gasteiger partial charge is 0.358 e. The maximum atomic E-state index is 10.6. The predicted octanol–water partition coefficient (Wildman–Crippen LogP) is 1.10. The molecule has 1 N–H and O–H groups in total. The monoisotopic (exact) mass is 249 g/mol. The van der Waals surface area contributed by atoms with Gasteiger partial charge in [0.05, 0.1) is 5.33 Å². The van der Waals surface area contributed by atoms with Crippen LogP contribution in [0, 0.1) is 10.1 Å². The minimum absolute atomic E-state index is 0.116. The molecule has 1 aliphatic heterocycles. The summed E-state index contributed by atoms with van der Waals surface area (Å²) in [5.41, 5.74) is 0.722. The molecule has 1 rings (SSSR count). The first-order chi connectivity index (χ1) is 6.07. The van der Waals surface area contributed by atoms with Gasteiger partial charge in [-0.1, -0.05) is 15.9 Å². The Hall–Kier alpha value is -0.780. The highest BCUT2D eigenvalue weighted by atomic mass is 79.9. The summed E-state index contributed by atoms with van der Waals surface area (Å²) in [6, 6.07) is 0.275. The van der Waals surface area contributed by atoms with Crippen molar-refractivity contribution in [1.29, 1.82) is 0 Å². The molecule has 1 heterocycles. The van der Waals surface area contributed by atoms with Crippen LogP contribution in [-0.4, -0.2) is 27.9 Å². The molecule has 0 atom stereocenters. The lowest BCUT2D eigenvalue weighted by atomic mass is 10.3. The number of alkyl halides is 1. The minimum atomic E-state index is -0.376. The van der Waals surface area contributed by atoms with Crippen LogP contribution in [0.3, 0.4) is 0 Å². The van der Waals surface area contributed by atoms with Gasteiger partial charge in [-0.2, -0.15) is 0 Å². The third kappa shape index (κ3) is 1.93. The van der Waals surface area contributed by atoms with E-state index < -0.39 is 0 Å². The molecule has 0 amide bonds. The zero-order valence-electron chi connectivity index (χ0n) is 7.58. The molecule has 0 aromatic heterocycles. The van der Waals surface area contributed by atoms with Gasteiger partial charge >= 0.3 is 5.82 Å². The Kier molecular flexibility index (Phi) is 3.13. The Balaban J connectivity index is 2.91. The van der Waals surface area contributed by atoms with Gasteiger partial charge < -0.3 is 15.0 Å². The van der Waals surface area contributed by atoms with Crippen molar-refractivity contribution in [2.75, 3.05) is 12.0 Å². The minimum Gasteiger partial charge on any atom is -0.358 e. The molecule has 0 saturated carbocycles. The summed E-state index contributed by atoms with van der Waals surface area (Å²) >= 11 is 3.25. The van der Waals surface area contributed by atoms with Crippen LogP contribution < -0.4 is 5.32 Å². The van der Waals surface area contributed by atoms with Crippen molar-refractivity contribution >= 4 is 15.9 Å². The maximum absolute atomic E-state index is 10.6. The molecule has 0 fully saturated rings. The number of hydrogen-bond acceptors (Lipinski definition) is 4. The van der Waals surface area contributed by atoms with Crippen molar-refractivity contribution < 1.29 is 4.92 Å². The number of halogens is 1. The first-order valence-electron chi connectivity index (χ1n) is 4.02. The fourth-order valence-electron chi connectivity index (χ4n) is 1.30. The molecule has 0 spiro atoms. The van der Waals surface area contributed by atoms with E-state index in [2.05, 4.69) is 21.2 Å². The molecular weight excluding hydrogens is 238 g/mol. The Morgan fingerprint density at radius 1 is 1.77 bits per heavy atom. The number of nitro groups is 1. The summed E-state index contributed by atoms with van der Waals surface area (Å²) in [5, 5.41) is 13.9. The van der Waals surface area contributed by atoms with E-state index in [0.717, 1.165) is 5.70 Å². The lowest BCUT2D eigenvalue weighted by molar-refractivity contribution is -0.431. The van der Waals surface area contributed by atoms with Gasteiger partial charge in [0.25, 0.3) is 0 Å². The van der Waals surface area contributed by atoms with E-state index in [9.17, 15) is 10.1 Å². The van der Waals surface area contributed by atoms with Crippen LogP contribution in [0.2, 0.25) is 0 Å². The van der Waals surface area contributed by atoms with Gasteiger partial charge in [0, 0.05) is 6.04 Å². The Morgan fingerprint density at radius 3 is 2.77 bits per heavy atom. The third-order valence-electron chi connectivity index (χ3n) is 1.97. The molecule has 0 unspecified atom stereocenters. The van der Waals surface area contributed by atoms with E-state index in [1.165, 1.54) is 0 Å². The summed E-state index contributed by atoms with van der Waals surface area (Å²) < 4.78 is 0. The molecule has 0 bridgehead atoms. The van der Waals surface area contributed by atoms with Crippen molar-refractivity contribution in [3.63, 3.8) is 0 Å². The number of hydrogen-bond donors (Lipinski definition) is 1. The average molecular weight is 250 g/mol. The van der Waals surface area contributed by atoms with E-state index in [0.29, 0.717) is 12.0 Å². The van der Waals surface area contributed by atoms with Gasteiger partial charge in [0.1, 0.15) is 5.70 Å². The third-order valence-corrected chi connectivity index (χ3v) is 2.50. The van der Waals surface area contributed by atoms with Gasteiger partial charge in [-0.05, 0) is 18.8 Å². The number of rotatable bonds is 3. The molecule has 0 saturated heterocycles. The van der Waals surface area contributed by atoms with Crippen molar-refractivity contribution in [2.24, 2.45) is 0 Å². The zero-order valence-corrected chi connectivity index (χ0v) is 9.17. The fourth-order valence-corrected chi connectivity index (χ4v) is 1.89. The smallest absolute Gasteiger partial charge is 0.337 e. The highest BCUT2D eigenvalue weighted by Gasteiger charge is 2.30. The molecule has 13 heavy (non-hydrogen) atoms. The predicted molar refractivity (Wildman–Crippen MR) is 52.8 cm³/mol. The lowest BCUT2D eigenvalue weighted by Crippen LogP contribution is -2.30. The summed E-state index contributed by atoms with van der Waals surface area (Å²) in [4.78, 5) is 12.2. The molecule has 0 aromatic carbocycles. The van der Waals surface area contributed by atoms with Gasteiger partial charge in [-0.3, -0.25) is 5.32 Å². The number of allylic oxidation sites excluding steroid dienone is 1.